The van der Waals surface area contributed by atoms with Gasteiger partial charge in [0.2, 0.25) is 5.11 Å². The minimum atomic E-state index is 0.0404. The van der Waals surface area contributed by atoms with E-state index in [1.54, 1.807) is 0 Å². The lowest BCUT2D eigenvalue weighted by molar-refractivity contribution is 0.353. The van der Waals surface area contributed by atoms with Crippen molar-refractivity contribution < 1.29 is 0 Å². The van der Waals surface area contributed by atoms with E-state index < -0.39 is 0 Å². The third kappa shape index (κ3) is 2.39. The molecular formula is C11H12ClN3S. The van der Waals surface area contributed by atoms with Crippen LogP contribution in [0, 0.1) is 0 Å². The topological polar surface area (TPSA) is 28.0 Å². The Balaban J connectivity index is 2.07. The van der Waals surface area contributed by atoms with Crippen molar-refractivity contribution in [2.75, 3.05) is 6.54 Å². The highest BCUT2D eigenvalue weighted by molar-refractivity contribution is 7.80. The summed E-state index contributed by atoms with van der Waals surface area (Å²) in [6.45, 7) is 2.89. The van der Waals surface area contributed by atoms with Crippen LogP contribution in [0.1, 0.15) is 12.5 Å². The SMILES string of the molecule is CCN1C(=S)N=NC1Cc1ccc(Cl)cc1. The first-order valence-corrected chi connectivity index (χ1v) is 5.95. The molecule has 0 aromatic heterocycles. The van der Waals surface area contributed by atoms with Gasteiger partial charge in [-0.1, -0.05) is 23.7 Å². The zero-order valence-corrected chi connectivity index (χ0v) is 10.5. The first kappa shape index (κ1) is 11.5. The third-order valence-electron chi connectivity index (χ3n) is 2.55. The molecule has 0 saturated carbocycles. The molecule has 3 nitrogen and oxygen atoms in total. The predicted octanol–water partition coefficient (Wildman–Crippen LogP) is 3.28. The van der Waals surface area contributed by atoms with Gasteiger partial charge in [-0.25, -0.2) is 0 Å². The van der Waals surface area contributed by atoms with Gasteiger partial charge in [-0.2, -0.15) is 5.11 Å². The second-order valence-corrected chi connectivity index (χ2v) is 4.40. The first-order valence-electron chi connectivity index (χ1n) is 5.16. The Bertz CT molecular complexity index is 416. The molecule has 1 unspecified atom stereocenters. The van der Waals surface area contributed by atoms with E-state index in [0.717, 1.165) is 18.0 Å². The van der Waals surface area contributed by atoms with Gasteiger partial charge in [0.25, 0.3) is 0 Å². The minimum absolute atomic E-state index is 0.0404. The van der Waals surface area contributed by atoms with Crippen LogP contribution < -0.4 is 0 Å². The molecule has 0 saturated heterocycles. The summed E-state index contributed by atoms with van der Waals surface area (Å²) in [4.78, 5) is 2.02. The molecular weight excluding hydrogens is 242 g/mol. The van der Waals surface area contributed by atoms with Crippen molar-refractivity contribution in [2.24, 2.45) is 10.2 Å². The average Bonchev–Trinajstić information content (AvgIpc) is 2.63. The van der Waals surface area contributed by atoms with Crippen molar-refractivity contribution in [1.29, 1.82) is 0 Å². The summed E-state index contributed by atoms with van der Waals surface area (Å²) in [7, 11) is 0. The highest BCUT2D eigenvalue weighted by Crippen LogP contribution is 2.18. The molecule has 1 aromatic rings. The monoisotopic (exact) mass is 253 g/mol. The molecule has 0 bridgehead atoms. The van der Waals surface area contributed by atoms with Gasteiger partial charge in [0.1, 0.15) is 6.17 Å². The largest absolute Gasteiger partial charge is 0.322 e. The molecule has 1 aliphatic heterocycles. The molecule has 16 heavy (non-hydrogen) atoms. The van der Waals surface area contributed by atoms with Crippen LogP contribution in [-0.4, -0.2) is 22.7 Å². The standard InChI is InChI=1S/C11H12ClN3S/c1-2-15-10(13-14-11(15)16)7-8-3-5-9(12)6-4-8/h3-6,10H,2,7H2,1H3. The van der Waals surface area contributed by atoms with Crippen molar-refractivity contribution >= 4 is 28.9 Å². The second-order valence-electron chi connectivity index (χ2n) is 3.60. The Morgan fingerprint density at radius 2 is 2.06 bits per heavy atom. The van der Waals surface area contributed by atoms with Crippen molar-refractivity contribution in [3.63, 3.8) is 0 Å². The zero-order valence-electron chi connectivity index (χ0n) is 8.93. The van der Waals surface area contributed by atoms with E-state index in [9.17, 15) is 0 Å². The molecule has 0 fully saturated rings. The Hall–Kier alpha value is -1.00. The van der Waals surface area contributed by atoms with Crippen molar-refractivity contribution in [2.45, 2.75) is 19.5 Å². The van der Waals surface area contributed by atoms with E-state index in [2.05, 4.69) is 17.2 Å². The van der Waals surface area contributed by atoms with Crippen molar-refractivity contribution in [3.05, 3.63) is 34.9 Å². The van der Waals surface area contributed by atoms with E-state index in [1.165, 1.54) is 5.56 Å². The number of benzene rings is 1. The van der Waals surface area contributed by atoms with E-state index in [4.69, 9.17) is 23.8 Å². The van der Waals surface area contributed by atoms with Crippen LogP contribution in [0.5, 0.6) is 0 Å². The first-order chi connectivity index (χ1) is 7.70. The van der Waals surface area contributed by atoms with Gasteiger partial charge in [-0.15, -0.1) is 5.11 Å². The highest BCUT2D eigenvalue weighted by Gasteiger charge is 2.24. The average molecular weight is 254 g/mol. The van der Waals surface area contributed by atoms with Gasteiger partial charge in [0.15, 0.2) is 0 Å². The molecule has 84 valence electrons. The quantitative estimate of drug-likeness (QED) is 0.774. The van der Waals surface area contributed by atoms with Crippen LogP contribution in [0.3, 0.4) is 0 Å². The summed E-state index contributed by atoms with van der Waals surface area (Å²) >= 11 is 10.9. The normalized spacial score (nSPS) is 19.5. The molecule has 0 amide bonds. The minimum Gasteiger partial charge on any atom is -0.322 e. The molecule has 1 aromatic carbocycles. The number of rotatable bonds is 3. The summed E-state index contributed by atoms with van der Waals surface area (Å²) in [5, 5.41) is 9.44. The predicted molar refractivity (Wildman–Crippen MR) is 68.8 cm³/mol. The molecule has 0 N–H and O–H groups in total. The molecule has 1 aliphatic rings. The van der Waals surface area contributed by atoms with Gasteiger partial charge in [-0.3, -0.25) is 0 Å². The van der Waals surface area contributed by atoms with Crippen molar-refractivity contribution in [3.8, 4) is 0 Å². The van der Waals surface area contributed by atoms with Gasteiger partial charge >= 0.3 is 0 Å². The molecule has 5 heteroatoms. The maximum Gasteiger partial charge on any atom is 0.217 e. The summed E-state index contributed by atoms with van der Waals surface area (Å²) < 4.78 is 0. The number of hydrogen-bond donors (Lipinski definition) is 0. The number of azo groups is 1. The van der Waals surface area contributed by atoms with Crippen LogP contribution in [0.15, 0.2) is 34.5 Å². The van der Waals surface area contributed by atoms with E-state index in [1.807, 2.05) is 29.2 Å². The van der Waals surface area contributed by atoms with Crippen LogP contribution >= 0.6 is 23.8 Å². The highest BCUT2D eigenvalue weighted by atomic mass is 35.5. The van der Waals surface area contributed by atoms with Gasteiger partial charge < -0.3 is 4.90 Å². The number of likely N-dealkylation sites (N-methyl/N-ethyl adjacent to an activating group) is 1. The molecule has 1 heterocycles. The summed E-state index contributed by atoms with van der Waals surface area (Å²) in [6.07, 6.45) is 0.855. The zero-order chi connectivity index (χ0) is 11.5. The van der Waals surface area contributed by atoms with E-state index in [-0.39, 0.29) is 6.17 Å². The van der Waals surface area contributed by atoms with E-state index in [0.29, 0.717) is 5.11 Å². The Labute approximate surface area is 105 Å². The third-order valence-corrected chi connectivity index (χ3v) is 3.12. The lowest BCUT2D eigenvalue weighted by atomic mass is 10.1. The Morgan fingerprint density at radius 1 is 1.38 bits per heavy atom. The van der Waals surface area contributed by atoms with Crippen LogP contribution in [0.4, 0.5) is 0 Å². The number of thiocarbonyl (C=S) groups is 1. The van der Waals surface area contributed by atoms with Crippen LogP contribution in [0.2, 0.25) is 5.02 Å². The molecule has 0 radical (unpaired) electrons. The molecule has 2 rings (SSSR count). The maximum absolute atomic E-state index is 5.83. The molecule has 1 atom stereocenters. The maximum atomic E-state index is 5.83. The fraction of sp³-hybridized carbons (Fsp3) is 0.364. The molecule has 0 aliphatic carbocycles. The van der Waals surface area contributed by atoms with Gasteiger partial charge in [0, 0.05) is 18.0 Å². The Kier molecular flexibility index (Phi) is 3.51. The summed E-state index contributed by atoms with van der Waals surface area (Å²) in [5.74, 6) is 0. The van der Waals surface area contributed by atoms with E-state index >= 15 is 0 Å². The number of hydrogen-bond acceptors (Lipinski definition) is 2. The number of halogens is 1. The number of nitrogens with zero attached hydrogens (tertiary/aromatic N) is 3. The second kappa shape index (κ2) is 4.89. The van der Waals surface area contributed by atoms with Crippen LogP contribution in [-0.2, 0) is 6.42 Å². The van der Waals surface area contributed by atoms with Crippen molar-refractivity contribution in [1.82, 2.24) is 4.90 Å². The molecule has 0 spiro atoms. The fourth-order valence-corrected chi connectivity index (χ4v) is 2.12. The lowest BCUT2D eigenvalue weighted by Crippen LogP contribution is -2.33. The summed E-state index contributed by atoms with van der Waals surface area (Å²) in [6, 6.07) is 7.79. The van der Waals surface area contributed by atoms with Crippen LogP contribution in [0.25, 0.3) is 0 Å². The lowest BCUT2D eigenvalue weighted by Gasteiger charge is -2.20. The Morgan fingerprint density at radius 3 is 2.69 bits per heavy atom. The summed E-state index contributed by atoms with van der Waals surface area (Å²) in [5.41, 5.74) is 1.19. The fourth-order valence-electron chi connectivity index (χ4n) is 1.69. The smallest absolute Gasteiger partial charge is 0.217 e. The van der Waals surface area contributed by atoms with Gasteiger partial charge in [-0.05, 0) is 36.8 Å². The van der Waals surface area contributed by atoms with Gasteiger partial charge in [0.05, 0.1) is 0 Å².